The van der Waals surface area contributed by atoms with E-state index in [1.165, 1.54) is 7.11 Å². The molecule has 0 aliphatic rings. The maximum Gasteiger partial charge on any atom is 0.328 e. The predicted octanol–water partition coefficient (Wildman–Crippen LogP) is 2.54. The van der Waals surface area contributed by atoms with Crippen molar-refractivity contribution in [3.05, 3.63) is 29.8 Å². The number of amides is 2. The highest BCUT2D eigenvalue weighted by Crippen LogP contribution is 2.13. The molecule has 7 heteroatoms. The zero-order valence-electron chi connectivity index (χ0n) is 17.6. The van der Waals surface area contributed by atoms with Crippen LogP contribution in [0.4, 0.5) is 0 Å². The summed E-state index contributed by atoms with van der Waals surface area (Å²) < 4.78 is 9.88. The fourth-order valence-corrected chi connectivity index (χ4v) is 2.79. The van der Waals surface area contributed by atoms with Gasteiger partial charge in [0.05, 0.1) is 14.2 Å². The first-order valence-corrected chi connectivity index (χ1v) is 9.51. The van der Waals surface area contributed by atoms with Gasteiger partial charge in [-0.1, -0.05) is 27.7 Å². The lowest BCUT2D eigenvalue weighted by Gasteiger charge is -2.24. The fourth-order valence-electron chi connectivity index (χ4n) is 2.79. The lowest BCUT2D eigenvalue weighted by Crippen LogP contribution is -2.52. The molecule has 0 aliphatic carbocycles. The van der Waals surface area contributed by atoms with Gasteiger partial charge in [-0.25, -0.2) is 4.79 Å². The molecule has 0 unspecified atom stereocenters. The standard InChI is InChI=1S/C21H32N2O5/c1-13(2)11-17(20(25)23-18(12-14(3)4)21(26)28-6)22-19(24)15-7-9-16(27-5)10-8-15/h7-10,13-14,17-18H,11-12H2,1-6H3,(H,22,24)(H,23,25)/t17-,18-/m1/s1. The van der Waals surface area contributed by atoms with Crippen LogP contribution in [-0.4, -0.2) is 44.1 Å². The lowest BCUT2D eigenvalue weighted by molar-refractivity contribution is -0.145. The Labute approximate surface area is 167 Å². The Morgan fingerprint density at radius 2 is 1.39 bits per heavy atom. The number of benzene rings is 1. The van der Waals surface area contributed by atoms with Gasteiger partial charge in [0.2, 0.25) is 5.91 Å². The maximum absolute atomic E-state index is 12.8. The Bertz CT molecular complexity index is 655. The largest absolute Gasteiger partial charge is 0.497 e. The van der Waals surface area contributed by atoms with Crippen molar-refractivity contribution in [1.29, 1.82) is 0 Å². The van der Waals surface area contributed by atoms with Gasteiger partial charge in [-0.3, -0.25) is 9.59 Å². The molecule has 7 nitrogen and oxygen atoms in total. The smallest absolute Gasteiger partial charge is 0.328 e. The molecule has 1 aromatic carbocycles. The molecule has 0 saturated heterocycles. The van der Waals surface area contributed by atoms with Crippen molar-refractivity contribution in [2.75, 3.05) is 14.2 Å². The van der Waals surface area contributed by atoms with E-state index in [4.69, 9.17) is 9.47 Å². The molecule has 2 atom stereocenters. The molecule has 0 saturated carbocycles. The van der Waals surface area contributed by atoms with E-state index in [0.717, 1.165) is 0 Å². The number of methoxy groups -OCH3 is 2. The number of nitrogens with one attached hydrogen (secondary N) is 2. The van der Waals surface area contributed by atoms with E-state index < -0.39 is 24.0 Å². The summed E-state index contributed by atoms with van der Waals surface area (Å²) in [5.41, 5.74) is 0.425. The number of hydrogen-bond acceptors (Lipinski definition) is 5. The van der Waals surface area contributed by atoms with Crippen LogP contribution in [0.15, 0.2) is 24.3 Å². The molecule has 0 aromatic heterocycles. The molecule has 1 rings (SSSR count). The van der Waals surface area contributed by atoms with E-state index >= 15 is 0 Å². The normalized spacial score (nSPS) is 13.0. The van der Waals surface area contributed by atoms with Crippen molar-refractivity contribution >= 4 is 17.8 Å². The number of esters is 1. The van der Waals surface area contributed by atoms with E-state index in [1.807, 2.05) is 27.7 Å². The van der Waals surface area contributed by atoms with Crippen LogP contribution in [0.1, 0.15) is 50.9 Å². The molecule has 2 amide bonds. The number of ether oxygens (including phenoxy) is 2. The van der Waals surface area contributed by atoms with Crippen molar-refractivity contribution in [2.24, 2.45) is 11.8 Å². The van der Waals surface area contributed by atoms with Gasteiger partial charge < -0.3 is 20.1 Å². The molecule has 0 aliphatic heterocycles. The Balaban J connectivity index is 2.90. The summed E-state index contributed by atoms with van der Waals surface area (Å²) in [6.07, 6.45) is 0.905. The molecule has 2 N–H and O–H groups in total. The second-order valence-electron chi connectivity index (χ2n) is 7.60. The third-order valence-electron chi connectivity index (χ3n) is 4.19. The Morgan fingerprint density at radius 1 is 0.857 bits per heavy atom. The lowest BCUT2D eigenvalue weighted by atomic mass is 10.00. The summed E-state index contributed by atoms with van der Waals surface area (Å²) >= 11 is 0. The van der Waals surface area contributed by atoms with Crippen LogP contribution < -0.4 is 15.4 Å². The molecule has 0 bridgehead atoms. The third-order valence-corrected chi connectivity index (χ3v) is 4.19. The zero-order valence-corrected chi connectivity index (χ0v) is 17.6. The van der Waals surface area contributed by atoms with Crippen LogP contribution in [0.5, 0.6) is 5.75 Å². The van der Waals surface area contributed by atoms with Crippen molar-refractivity contribution < 1.29 is 23.9 Å². The van der Waals surface area contributed by atoms with Crippen LogP contribution in [0.2, 0.25) is 0 Å². The average molecular weight is 392 g/mol. The summed E-state index contributed by atoms with van der Waals surface area (Å²) in [6, 6.07) is 5.13. The SMILES string of the molecule is COC(=O)[C@@H](CC(C)C)NC(=O)[C@@H](CC(C)C)NC(=O)c1ccc(OC)cc1. The van der Waals surface area contributed by atoms with Crippen molar-refractivity contribution in [1.82, 2.24) is 10.6 Å². The Kier molecular flexibility index (Phi) is 9.48. The maximum atomic E-state index is 12.8. The van der Waals surface area contributed by atoms with Gasteiger partial charge in [0.15, 0.2) is 0 Å². The van der Waals surface area contributed by atoms with Gasteiger partial charge in [-0.15, -0.1) is 0 Å². The van der Waals surface area contributed by atoms with Crippen LogP contribution >= 0.6 is 0 Å². The Morgan fingerprint density at radius 3 is 1.86 bits per heavy atom. The molecule has 0 heterocycles. The van der Waals surface area contributed by atoms with Crippen molar-refractivity contribution in [2.45, 2.75) is 52.6 Å². The van der Waals surface area contributed by atoms with Gasteiger partial charge in [-0.2, -0.15) is 0 Å². The first-order valence-electron chi connectivity index (χ1n) is 9.51. The number of carbonyl (C=O) groups is 3. The summed E-state index contributed by atoms with van der Waals surface area (Å²) in [5, 5.41) is 5.50. The number of rotatable bonds is 10. The van der Waals surface area contributed by atoms with Crippen molar-refractivity contribution in [3.8, 4) is 5.75 Å². The van der Waals surface area contributed by atoms with E-state index in [2.05, 4.69) is 10.6 Å². The summed E-state index contributed by atoms with van der Waals surface area (Å²) in [7, 11) is 2.84. The molecule has 28 heavy (non-hydrogen) atoms. The van der Waals surface area contributed by atoms with Gasteiger partial charge in [0.1, 0.15) is 17.8 Å². The van der Waals surface area contributed by atoms with E-state index in [1.54, 1.807) is 31.4 Å². The second-order valence-corrected chi connectivity index (χ2v) is 7.60. The molecular weight excluding hydrogens is 360 g/mol. The van der Waals surface area contributed by atoms with Crippen LogP contribution in [0.3, 0.4) is 0 Å². The Hall–Kier alpha value is -2.57. The molecule has 1 aromatic rings. The first kappa shape index (κ1) is 23.5. The minimum atomic E-state index is -0.756. The van der Waals surface area contributed by atoms with Gasteiger partial charge in [-0.05, 0) is 48.9 Å². The van der Waals surface area contributed by atoms with Gasteiger partial charge >= 0.3 is 5.97 Å². The predicted molar refractivity (Wildman–Crippen MR) is 107 cm³/mol. The summed E-state index contributed by atoms with van der Waals surface area (Å²) in [5.74, 6) is -0.238. The van der Waals surface area contributed by atoms with Crippen molar-refractivity contribution in [3.63, 3.8) is 0 Å². The zero-order chi connectivity index (χ0) is 21.3. The number of hydrogen-bond donors (Lipinski definition) is 2. The molecular formula is C21H32N2O5. The van der Waals surface area contributed by atoms with Crippen LogP contribution in [-0.2, 0) is 14.3 Å². The van der Waals surface area contributed by atoms with E-state index in [-0.39, 0.29) is 17.7 Å². The highest BCUT2D eigenvalue weighted by molar-refractivity contribution is 5.98. The van der Waals surface area contributed by atoms with Crippen LogP contribution in [0, 0.1) is 11.8 Å². The third kappa shape index (κ3) is 7.58. The molecule has 0 fully saturated rings. The molecule has 0 spiro atoms. The summed E-state index contributed by atoms with van der Waals surface area (Å²) in [4.78, 5) is 37.4. The molecule has 0 radical (unpaired) electrons. The second kappa shape index (κ2) is 11.3. The van der Waals surface area contributed by atoms with Crippen LogP contribution in [0.25, 0.3) is 0 Å². The quantitative estimate of drug-likeness (QED) is 0.597. The topological polar surface area (TPSA) is 93.7 Å². The first-order chi connectivity index (χ1) is 13.2. The highest BCUT2D eigenvalue weighted by Gasteiger charge is 2.28. The summed E-state index contributed by atoms with van der Waals surface area (Å²) in [6.45, 7) is 7.84. The van der Waals surface area contributed by atoms with E-state index in [0.29, 0.717) is 24.2 Å². The average Bonchev–Trinajstić information content (AvgIpc) is 2.65. The van der Waals surface area contributed by atoms with Gasteiger partial charge in [0.25, 0.3) is 5.91 Å². The number of carbonyl (C=O) groups excluding carboxylic acids is 3. The molecule has 156 valence electrons. The minimum Gasteiger partial charge on any atom is -0.497 e. The van der Waals surface area contributed by atoms with Gasteiger partial charge in [0, 0.05) is 5.56 Å². The monoisotopic (exact) mass is 392 g/mol. The fraction of sp³-hybridized carbons (Fsp3) is 0.571. The van der Waals surface area contributed by atoms with E-state index in [9.17, 15) is 14.4 Å². The highest BCUT2D eigenvalue weighted by atomic mass is 16.5. The minimum absolute atomic E-state index is 0.175.